The molecule has 0 radical (unpaired) electrons. The van der Waals surface area contributed by atoms with Gasteiger partial charge in [-0.15, -0.1) is 0 Å². The minimum atomic E-state index is -8.02. The Morgan fingerprint density at radius 1 is 0.514 bits per heavy atom. The Balaban J connectivity index is -0.000000668. The second-order valence-electron chi connectivity index (χ2n) is 8.10. The Labute approximate surface area is 217 Å². The van der Waals surface area contributed by atoms with Crippen molar-refractivity contribution in [2.24, 2.45) is 0 Å². The topological polar surface area (TPSA) is 155 Å². The minimum absolute atomic E-state index is 0. The van der Waals surface area contributed by atoms with Crippen molar-refractivity contribution in [1.29, 1.82) is 0 Å². The van der Waals surface area contributed by atoms with E-state index in [2.05, 4.69) is 0 Å². The van der Waals surface area contributed by atoms with Gasteiger partial charge < -0.3 is 9.47 Å². The molecule has 0 N–H and O–H groups in total. The number of ether oxygens (including phenoxy) is 2. The van der Waals surface area contributed by atoms with Gasteiger partial charge in [-0.25, -0.2) is 9.59 Å². The number of rotatable bonds is 3. The summed E-state index contributed by atoms with van der Waals surface area (Å²) in [6.45, 7) is 10.1. The van der Waals surface area contributed by atoms with Crippen LogP contribution in [0.15, 0.2) is 0 Å². The molecule has 37 heavy (non-hydrogen) atoms. The van der Waals surface area contributed by atoms with Crippen LogP contribution in [-0.4, -0.2) is 64.9 Å². The number of hydrogen-bond donors (Lipinski definition) is 0. The first kappa shape index (κ1) is 40.3. The van der Waals surface area contributed by atoms with Gasteiger partial charge in [0, 0.05) is 0 Å². The summed E-state index contributed by atoms with van der Waals surface area (Å²) in [4.78, 5) is 22.3. The van der Waals surface area contributed by atoms with Crippen LogP contribution in [0.25, 0.3) is 0 Å². The molecule has 0 aromatic rings. The molecule has 10 nitrogen and oxygen atoms in total. The zero-order valence-electron chi connectivity index (χ0n) is 19.7. The Hall–Kier alpha value is -1.24. The molecule has 0 fully saturated rings. The molecular weight excluding hydrogens is 602 g/mol. The predicted molar refractivity (Wildman–Crippen MR) is 99.9 cm³/mol. The normalized spacial score (nSPS) is 14.2. The third kappa shape index (κ3) is 11.2. The van der Waals surface area contributed by atoms with Crippen LogP contribution in [0, 0.1) is 3.91 Å². The standard InChI is InChI=1S/C10H18O4.C4F9O6S3.Li/c1-9(2,3)13-7(11)8(12)14-10(4,5)6;5-2(6,7)20(14,15)1(21(16,17)3(8,9)10)22(18,19)4(11,12)13;/h1-6H3;;/q;-1;+1. The van der Waals surface area contributed by atoms with Crippen LogP contribution in [0.1, 0.15) is 41.5 Å². The molecule has 23 heteroatoms. The van der Waals surface area contributed by atoms with E-state index >= 15 is 0 Å². The Kier molecular flexibility index (Phi) is 12.9. The zero-order valence-corrected chi connectivity index (χ0v) is 22.2. The molecule has 216 valence electrons. The smallest absolute Gasteiger partial charge is 0.452 e. The van der Waals surface area contributed by atoms with Crippen molar-refractivity contribution in [1.82, 2.24) is 0 Å². The Bertz CT molecular complexity index is 1010. The van der Waals surface area contributed by atoms with Crippen molar-refractivity contribution in [3.05, 3.63) is 3.91 Å². The van der Waals surface area contributed by atoms with E-state index in [4.69, 9.17) is 9.47 Å². The summed E-state index contributed by atoms with van der Waals surface area (Å²) < 4.78 is 177. The molecule has 0 heterocycles. The summed E-state index contributed by atoms with van der Waals surface area (Å²) in [5.74, 6) is -1.90. The molecule has 0 saturated carbocycles. The Morgan fingerprint density at radius 2 is 0.676 bits per heavy atom. The molecule has 0 unspecified atom stereocenters. The van der Waals surface area contributed by atoms with Gasteiger partial charge in [0.1, 0.15) is 11.2 Å². The fourth-order valence-corrected chi connectivity index (χ4v) is 7.09. The van der Waals surface area contributed by atoms with Crippen molar-refractivity contribution in [3.63, 3.8) is 0 Å². The SMILES string of the molecule is CC(C)(C)OC(=O)C(=O)OC(C)(C)C.O=S(=O)([C-](S(=O)(=O)C(F)(F)F)S(=O)(=O)C(F)(F)F)C(F)(F)F.[Li+]. The van der Waals surface area contributed by atoms with Gasteiger partial charge in [-0.1, -0.05) is 0 Å². The zero-order chi connectivity index (χ0) is 30.1. The number of alkyl halides is 9. The van der Waals surface area contributed by atoms with Gasteiger partial charge in [0.15, 0.2) is 29.5 Å². The van der Waals surface area contributed by atoms with E-state index in [1.807, 2.05) is 0 Å². The quantitative estimate of drug-likeness (QED) is 0.138. The summed E-state index contributed by atoms with van der Waals surface area (Å²) in [6.07, 6.45) is 0. The maximum atomic E-state index is 12.0. The van der Waals surface area contributed by atoms with Crippen molar-refractivity contribution in [2.45, 2.75) is 69.3 Å². The summed E-state index contributed by atoms with van der Waals surface area (Å²) in [7, 11) is -24.1. The first-order chi connectivity index (χ1) is 15.1. The number of sulfone groups is 3. The number of carbonyl (C=O) groups excluding carboxylic acids is 2. The van der Waals surface area contributed by atoms with E-state index in [0.29, 0.717) is 0 Å². The monoisotopic (exact) mass is 620 g/mol. The summed E-state index contributed by atoms with van der Waals surface area (Å²) >= 11 is 0. The average molecular weight is 620 g/mol. The van der Waals surface area contributed by atoms with Gasteiger partial charge in [-0.05, 0) is 41.5 Å². The first-order valence-electron chi connectivity index (χ1n) is 8.40. The second-order valence-corrected chi connectivity index (χ2v) is 14.5. The predicted octanol–water partition coefficient (Wildman–Crippen LogP) is -0.0890. The van der Waals surface area contributed by atoms with E-state index < -0.39 is 73.1 Å². The van der Waals surface area contributed by atoms with Gasteiger partial charge in [-0.2, -0.15) is 39.5 Å². The van der Waals surface area contributed by atoms with Crippen molar-refractivity contribution >= 4 is 41.5 Å². The molecule has 0 amide bonds. The number of hydrogen-bond acceptors (Lipinski definition) is 10. The fourth-order valence-electron chi connectivity index (χ4n) is 1.36. The van der Waals surface area contributed by atoms with Gasteiger partial charge in [0.2, 0.25) is 0 Å². The van der Waals surface area contributed by atoms with Crippen molar-refractivity contribution in [2.75, 3.05) is 0 Å². The van der Waals surface area contributed by atoms with Crippen molar-refractivity contribution in [3.8, 4) is 0 Å². The van der Waals surface area contributed by atoms with E-state index in [9.17, 15) is 74.4 Å². The molecule has 0 spiro atoms. The van der Waals surface area contributed by atoms with Crippen LogP contribution >= 0.6 is 0 Å². The van der Waals surface area contributed by atoms with Crippen LogP contribution < -0.4 is 18.9 Å². The molecule has 0 aliphatic rings. The van der Waals surface area contributed by atoms with Gasteiger partial charge in [0.05, 0.1) is 3.91 Å². The largest absolute Gasteiger partial charge is 1.00 e. The summed E-state index contributed by atoms with van der Waals surface area (Å²) in [5.41, 5.74) is -22.5. The Morgan fingerprint density at radius 3 is 0.784 bits per heavy atom. The van der Waals surface area contributed by atoms with Gasteiger partial charge >= 0.3 is 47.3 Å². The molecule has 0 aromatic heterocycles. The molecule has 0 atom stereocenters. The van der Waals surface area contributed by atoms with Crippen LogP contribution in [0.4, 0.5) is 39.5 Å². The van der Waals surface area contributed by atoms with Crippen LogP contribution in [0.5, 0.6) is 0 Å². The second kappa shape index (κ2) is 11.9. The molecule has 0 aliphatic heterocycles. The number of carbonyl (C=O) groups is 2. The molecule has 0 aromatic carbocycles. The molecule has 0 rings (SSSR count). The minimum Gasteiger partial charge on any atom is -0.452 e. The molecule has 0 bridgehead atoms. The molecular formula is C14H18F9LiO10S3. The summed E-state index contributed by atoms with van der Waals surface area (Å²) in [6, 6.07) is 0. The maximum Gasteiger partial charge on any atom is 1.00 e. The van der Waals surface area contributed by atoms with E-state index in [1.165, 1.54) is 0 Å². The first-order valence-corrected chi connectivity index (χ1v) is 12.8. The molecule has 0 aliphatic carbocycles. The third-order valence-electron chi connectivity index (χ3n) is 2.54. The number of halogens is 9. The van der Waals surface area contributed by atoms with Crippen LogP contribution in [0.2, 0.25) is 0 Å². The van der Waals surface area contributed by atoms with Gasteiger partial charge in [0.25, 0.3) is 0 Å². The van der Waals surface area contributed by atoms with E-state index in [0.717, 1.165) is 0 Å². The third-order valence-corrected chi connectivity index (χ3v) is 9.63. The average Bonchev–Trinajstić information content (AvgIpc) is 2.47. The van der Waals surface area contributed by atoms with Crippen LogP contribution in [-0.2, 0) is 48.6 Å². The summed E-state index contributed by atoms with van der Waals surface area (Å²) in [5, 5.41) is 0. The maximum absolute atomic E-state index is 12.0. The molecule has 0 saturated heterocycles. The number of esters is 2. The van der Waals surface area contributed by atoms with Gasteiger partial charge in [-0.3, -0.25) is 25.3 Å². The van der Waals surface area contributed by atoms with Crippen LogP contribution in [0.3, 0.4) is 0 Å². The van der Waals surface area contributed by atoms with E-state index in [-0.39, 0.29) is 18.9 Å². The van der Waals surface area contributed by atoms with Crippen molar-refractivity contribution < 1.29 is 103 Å². The van der Waals surface area contributed by atoms with E-state index in [1.54, 1.807) is 41.5 Å². The fraction of sp³-hybridized carbons (Fsp3) is 0.786.